The number of ether oxygens (including phenoxy) is 1. The lowest BCUT2D eigenvalue weighted by molar-refractivity contribution is 0.0809. The lowest BCUT2D eigenvalue weighted by Crippen LogP contribution is -2.45. The number of likely N-dealkylation sites (N-methyl/N-ethyl adjacent to an activating group) is 1. The second-order valence-electron chi connectivity index (χ2n) is 4.46. The van der Waals surface area contributed by atoms with Gasteiger partial charge in [0.05, 0.1) is 6.61 Å². The summed E-state index contributed by atoms with van der Waals surface area (Å²) in [6, 6.07) is 0. The maximum absolute atomic E-state index is 5.61. The van der Waals surface area contributed by atoms with Crippen molar-refractivity contribution in [1.29, 1.82) is 0 Å². The van der Waals surface area contributed by atoms with Crippen molar-refractivity contribution in [2.75, 3.05) is 66.1 Å². The first-order valence-electron chi connectivity index (χ1n) is 8.52. The molecule has 4 nitrogen and oxygen atoms in total. The molecule has 0 unspecified atom stereocenters. The van der Waals surface area contributed by atoms with Crippen molar-refractivity contribution in [2.24, 2.45) is 0 Å². The molecule has 0 saturated carbocycles. The SMILES string of the molecule is CC.CC.CCNCCCOCCN1CCN(C)CC1.[HH]. The third-order valence-electron chi connectivity index (χ3n) is 3.04. The van der Waals surface area contributed by atoms with E-state index in [0.29, 0.717) is 0 Å². The summed E-state index contributed by atoms with van der Waals surface area (Å²) in [5, 5.41) is 3.30. The molecule has 0 atom stereocenters. The zero-order valence-corrected chi connectivity index (χ0v) is 14.9. The molecule has 20 heavy (non-hydrogen) atoms. The molecule has 0 aromatic carbocycles. The number of nitrogens with one attached hydrogen (secondary N) is 1. The highest BCUT2D eigenvalue weighted by Crippen LogP contribution is 1.98. The van der Waals surface area contributed by atoms with E-state index in [1.165, 1.54) is 26.2 Å². The van der Waals surface area contributed by atoms with Crippen molar-refractivity contribution >= 4 is 0 Å². The molecule has 0 bridgehead atoms. The van der Waals surface area contributed by atoms with E-state index in [1.54, 1.807) is 0 Å². The van der Waals surface area contributed by atoms with Crippen LogP contribution >= 0.6 is 0 Å². The Hall–Kier alpha value is -0.160. The molecule has 1 aliphatic heterocycles. The van der Waals surface area contributed by atoms with Crippen LogP contribution in [0.2, 0.25) is 0 Å². The predicted molar refractivity (Wildman–Crippen MR) is 92.7 cm³/mol. The van der Waals surface area contributed by atoms with Crippen LogP contribution in [0.15, 0.2) is 0 Å². The number of nitrogens with zero attached hydrogens (tertiary/aromatic N) is 2. The van der Waals surface area contributed by atoms with Crippen molar-refractivity contribution < 1.29 is 6.16 Å². The standard InChI is InChI=1S/C12H27N3O.2C2H6.H2/c1-3-13-5-4-11-16-12-10-15-8-6-14(2)7-9-15;2*1-2;/h13H,3-12H2,1-2H3;2*1-2H3;1H. The Bertz CT molecular complexity index is 166. The third-order valence-corrected chi connectivity index (χ3v) is 3.04. The first kappa shape index (κ1) is 22.1. The minimum absolute atomic E-state index is 0. The summed E-state index contributed by atoms with van der Waals surface area (Å²) in [5.41, 5.74) is 0. The summed E-state index contributed by atoms with van der Waals surface area (Å²) in [7, 11) is 2.19. The molecule has 126 valence electrons. The zero-order chi connectivity index (χ0) is 15.6. The van der Waals surface area contributed by atoms with Gasteiger partial charge in [0.25, 0.3) is 0 Å². The van der Waals surface area contributed by atoms with Crippen molar-refractivity contribution in [3.63, 3.8) is 0 Å². The number of hydrogen-bond donors (Lipinski definition) is 1. The van der Waals surface area contributed by atoms with Crippen LogP contribution in [0.1, 0.15) is 42.5 Å². The Kier molecular flexibility index (Phi) is 20.8. The van der Waals surface area contributed by atoms with E-state index in [1.807, 2.05) is 27.7 Å². The van der Waals surface area contributed by atoms with Gasteiger partial charge in [0.2, 0.25) is 0 Å². The fraction of sp³-hybridized carbons (Fsp3) is 1.00. The normalized spacial score (nSPS) is 15.9. The van der Waals surface area contributed by atoms with Gasteiger partial charge in [-0.2, -0.15) is 0 Å². The number of rotatable bonds is 8. The minimum atomic E-state index is 0. The topological polar surface area (TPSA) is 27.7 Å². The van der Waals surface area contributed by atoms with Crippen LogP contribution in [0.25, 0.3) is 0 Å². The van der Waals surface area contributed by atoms with E-state index in [-0.39, 0.29) is 1.43 Å². The molecule has 1 heterocycles. The Morgan fingerprint density at radius 1 is 1.00 bits per heavy atom. The fourth-order valence-electron chi connectivity index (χ4n) is 1.84. The van der Waals surface area contributed by atoms with Crippen LogP contribution < -0.4 is 5.32 Å². The summed E-state index contributed by atoms with van der Waals surface area (Å²) < 4.78 is 5.61. The molecule has 0 spiro atoms. The molecule has 4 heteroatoms. The summed E-state index contributed by atoms with van der Waals surface area (Å²) in [6.45, 7) is 19.9. The summed E-state index contributed by atoms with van der Waals surface area (Å²) in [6.07, 6.45) is 1.12. The van der Waals surface area contributed by atoms with Gasteiger partial charge in [-0.3, -0.25) is 4.90 Å². The van der Waals surface area contributed by atoms with E-state index in [0.717, 1.165) is 39.3 Å². The van der Waals surface area contributed by atoms with E-state index in [2.05, 4.69) is 29.1 Å². The summed E-state index contributed by atoms with van der Waals surface area (Å²) >= 11 is 0. The first-order valence-corrected chi connectivity index (χ1v) is 8.52. The molecule has 0 amide bonds. The third kappa shape index (κ3) is 14.3. The molecule has 1 fully saturated rings. The molecule has 0 aromatic rings. The summed E-state index contributed by atoms with van der Waals surface area (Å²) in [4.78, 5) is 4.87. The number of piperazine rings is 1. The maximum atomic E-state index is 5.61. The Labute approximate surface area is 129 Å². The van der Waals surface area contributed by atoms with E-state index < -0.39 is 0 Å². The first-order chi connectivity index (χ1) is 9.83. The van der Waals surface area contributed by atoms with E-state index >= 15 is 0 Å². The Morgan fingerprint density at radius 3 is 2.15 bits per heavy atom. The van der Waals surface area contributed by atoms with Crippen molar-refractivity contribution in [2.45, 2.75) is 41.0 Å². The molecular weight excluding hydrogens is 250 g/mol. The van der Waals surface area contributed by atoms with Crippen LogP contribution in [0, 0.1) is 0 Å². The van der Waals surface area contributed by atoms with Gasteiger partial charge >= 0.3 is 0 Å². The van der Waals surface area contributed by atoms with Crippen LogP contribution in [0.3, 0.4) is 0 Å². The molecular formula is C16H41N3O. The molecule has 1 N–H and O–H groups in total. The van der Waals surface area contributed by atoms with Gasteiger partial charge in [0.15, 0.2) is 0 Å². The van der Waals surface area contributed by atoms with Gasteiger partial charge in [0.1, 0.15) is 0 Å². The molecule has 1 rings (SSSR count). The van der Waals surface area contributed by atoms with Crippen molar-refractivity contribution in [3.05, 3.63) is 0 Å². The van der Waals surface area contributed by atoms with E-state index in [9.17, 15) is 0 Å². The van der Waals surface area contributed by atoms with Crippen LogP contribution in [-0.2, 0) is 4.74 Å². The molecule has 1 aliphatic rings. The highest BCUT2D eigenvalue weighted by molar-refractivity contribution is 4.68. The van der Waals surface area contributed by atoms with Gasteiger partial charge in [-0.15, -0.1) is 0 Å². The van der Waals surface area contributed by atoms with Crippen LogP contribution in [0.4, 0.5) is 0 Å². The van der Waals surface area contributed by atoms with Gasteiger partial charge < -0.3 is 15.0 Å². The van der Waals surface area contributed by atoms with Gasteiger partial charge in [0, 0.05) is 40.8 Å². The molecule has 0 radical (unpaired) electrons. The van der Waals surface area contributed by atoms with Gasteiger partial charge in [-0.05, 0) is 26.6 Å². The maximum Gasteiger partial charge on any atom is 0.0593 e. The van der Waals surface area contributed by atoms with Crippen molar-refractivity contribution in [3.8, 4) is 0 Å². The fourth-order valence-corrected chi connectivity index (χ4v) is 1.84. The predicted octanol–water partition coefficient (Wildman–Crippen LogP) is 2.55. The largest absolute Gasteiger partial charge is 0.380 e. The zero-order valence-electron chi connectivity index (χ0n) is 14.9. The Balaban J connectivity index is -0.000000595. The van der Waals surface area contributed by atoms with E-state index in [4.69, 9.17) is 4.74 Å². The average Bonchev–Trinajstić information content (AvgIpc) is 2.52. The quantitative estimate of drug-likeness (QED) is 0.696. The highest BCUT2D eigenvalue weighted by atomic mass is 16.5. The van der Waals surface area contributed by atoms with Crippen LogP contribution in [0.5, 0.6) is 0 Å². The molecule has 1 saturated heterocycles. The van der Waals surface area contributed by atoms with Crippen molar-refractivity contribution in [1.82, 2.24) is 15.1 Å². The monoisotopic (exact) mass is 291 g/mol. The lowest BCUT2D eigenvalue weighted by Gasteiger charge is -2.32. The smallest absolute Gasteiger partial charge is 0.0593 e. The summed E-state index contributed by atoms with van der Waals surface area (Å²) in [5.74, 6) is 0. The minimum Gasteiger partial charge on any atom is -0.380 e. The second kappa shape index (κ2) is 18.8. The highest BCUT2D eigenvalue weighted by Gasteiger charge is 2.12. The lowest BCUT2D eigenvalue weighted by atomic mass is 10.3. The number of hydrogen-bond acceptors (Lipinski definition) is 4. The molecule has 0 aromatic heterocycles. The Morgan fingerprint density at radius 2 is 1.60 bits per heavy atom. The average molecular weight is 292 g/mol. The molecule has 0 aliphatic carbocycles. The second-order valence-corrected chi connectivity index (χ2v) is 4.46. The van der Waals surface area contributed by atoms with Gasteiger partial charge in [-0.25, -0.2) is 0 Å². The van der Waals surface area contributed by atoms with Gasteiger partial charge in [-0.1, -0.05) is 34.6 Å². The van der Waals surface area contributed by atoms with Crippen LogP contribution in [-0.4, -0.2) is 75.9 Å².